The number of para-hydroxylation sites is 2. The third-order valence-corrected chi connectivity index (χ3v) is 3.57. The Hall–Kier alpha value is -1.55. The molecule has 1 heterocycles. The van der Waals surface area contributed by atoms with E-state index >= 15 is 0 Å². The van der Waals surface area contributed by atoms with Crippen molar-refractivity contribution in [2.24, 2.45) is 5.92 Å². The lowest BCUT2D eigenvalue weighted by atomic mass is 10.0. The van der Waals surface area contributed by atoms with Crippen molar-refractivity contribution in [2.75, 3.05) is 23.8 Å². The smallest absolute Gasteiger partial charge is 0.256 e. The van der Waals surface area contributed by atoms with Crippen LogP contribution in [0.1, 0.15) is 26.7 Å². The van der Waals surface area contributed by atoms with Gasteiger partial charge < -0.3 is 15.4 Å². The van der Waals surface area contributed by atoms with E-state index in [4.69, 9.17) is 10.5 Å². The molecule has 0 radical (unpaired) electrons. The van der Waals surface area contributed by atoms with Crippen LogP contribution in [0.5, 0.6) is 0 Å². The summed E-state index contributed by atoms with van der Waals surface area (Å²) in [6.45, 7) is 5.45. The van der Waals surface area contributed by atoms with Crippen LogP contribution in [0.2, 0.25) is 0 Å². The molecule has 2 rings (SSSR count). The molecule has 2 unspecified atom stereocenters. The molecule has 2 atom stereocenters. The first-order chi connectivity index (χ1) is 9.15. The first-order valence-corrected chi connectivity index (χ1v) is 6.92. The number of nitrogen functional groups attached to an aromatic ring is 1. The molecule has 1 aromatic rings. The minimum absolute atomic E-state index is 0.0322. The Kier molecular flexibility index (Phi) is 4.43. The zero-order valence-corrected chi connectivity index (χ0v) is 11.6. The molecule has 2 N–H and O–H groups in total. The molecule has 1 aromatic carbocycles. The molecule has 104 valence electrons. The van der Waals surface area contributed by atoms with Gasteiger partial charge in [-0.3, -0.25) is 4.79 Å². The topological polar surface area (TPSA) is 55.6 Å². The van der Waals surface area contributed by atoms with Crippen molar-refractivity contribution in [3.8, 4) is 0 Å². The van der Waals surface area contributed by atoms with Crippen molar-refractivity contribution in [1.29, 1.82) is 0 Å². The zero-order valence-electron chi connectivity index (χ0n) is 11.6. The Morgan fingerprint density at radius 2 is 2.21 bits per heavy atom. The highest BCUT2D eigenvalue weighted by atomic mass is 16.5. The quantitative estimate of drug-likeness (QED) is 0.848. The number of ether oxygens (including phenoxy) is 1. The van der Waals surface area contributed by atoms with Gasteiger partial charge >= 0.3 is 0 Å². The van der Waals surface area contributed by atoms with E-state index < -0.39 is 0 Å². The summed E-state index contributed by atoms with van der Waals surface area (Å²) in [4.78, 5) is 14.4. The number of rotatable bonds is 4. The first-order valence-electron chi connectivity index (χ1n) is 6.92. The Bertz CT molecular complexity index is 448. The van der Waals surface area contributed by atoms with E-state index in [2.05, 4.69) is 13.8 Å². The van der Waals surface area contributed by atoms with Gasteiger partial charge in [0, 0.05) is 13.2 Å². The lowest BCUT2D eigenvalue weighted by Gasteiger charge is -2.27. The molecule has 0 saturated carbocycles. The summed E-state index contributed by atoms with van der Waals surface area (Å²) >= 11 is 0. The lowest BCUT2D eigenvalue weighted by molar-refractivity contribution is -0.128. The Morgan fingerprint density at radius 3 is 2.79 bits per heavy atom. The zero-order chi connectivity index (χ0) is 13.8. The van der Waals surface area contributed by atoms with Crippen LogP contribution in [0, 0.1) is 5.92 Å². The van der Waals surface area contributed by atoms with Crippen LogP contribution in [-0.2, 0) is 9.53 Å². The summed E-state index contributed by atoms with van der Waals surface area (Å²) < 4.78 is 5.58. The molecule has 0 aromatic heterocycles. The Morgan fingerprint density at radius 1 is 1.47 bits per heavy atom. The highest BCUT2D eigenvalue weighted by molar-refractivity contribution is 5.99. The van der Waals surface area contributed by atoms with Crippen molar-refractivity contribution in [1.82, 2.24) is 0 Å². The van der Waals surface area contributed by atoms with Gasteiger partial charge in [-0.1, -0.05) is 26.0 Å². The van der Waals surface area contributed by atoms with Crippen molar-refractivity contribution < 1.29 is 9.53 Å². The minimum Gasteiger partial charge on any atom is -0.397 e. The monoisotopic (exact) mass is 262 g/mol. The van der Waals surface area contributed by atoms with Crippen LogP contribution in [0.15, 0.2) is 24.3 Å². The molecular weight excluding hydrogens is 240 g/mol. The lowest BCUT2D eigenvalue weighted by Crippen LogP contribution is -2.42. The molecule has 1 aliphatic rings. The SMILES string of the molecule is CCCN(C(=O)C1OCCC1C)c1ccccc1N. The molecule has 1 saturated heterocycles. The molecule has 0 bridgehead atoms. The summed E-state index contributed by atoms with van der Waals surface area (Å²) in [5, 5.41) is 0. The Balaban J connectivity index is 2.25. The largest absolute Gasteiger partial charge is 0.397 e. The van der Waals surface area contributed by atoms with Gasteiger partial charge in [0.2, 0.25) is 0 Å². The predicted octanol–water partition coefficient (Wildman–Crippen LogP) is 2.44. The van der Waals surface area contributed by atoms with Crippen molar-refractivity contribution in [2.45, 2.75) is 32.8 Å². The molecular formula is C15H22N2O2. The maximum absolute atomic E-state index is 12.6. The Labute approximate surface area is 114 Å². The number of nitrogens with two attached hydrogens (primary N) is 1. The average Bonchev–Trinajstić information content (AvgIpc) is 2.82. The maximum atomic E-state index is 12.6. The van der Waals surface area contributed by atoms with Crippen LogP contribution in [-0.4, -0.2) is 25.2 Å². The van der Waals surface area contributed by atoms with Crippen molar-refractivity contribution in [3.05, 3.63) is 24.3 Å². The van der Waals surface area contributed by atoms with Crippen LogP contribution in [0.4, 0.5) is 11.4 Å². The summed E-state index contributed by atoms with van der Waals surface area (Å²) in [5.74, 6) is 0.307. The second-order valence-corrected chi connectivity index (χ2v) is 5.11. The van der Waals surface area contributed by atoms with E-state index in [0.717, 1.165) is 18.5 Å². The van der Waals surface area contributed by atoms with Gasteiger partial charge in [0.05, 0.1) is 11.4 Å². The van der Waals surface area contributed by atoms with Crippen LogP contribution in [0.3, 0.4) is 0 Å². The van der Waals surface area contributed by atoms with E-state index in [-0.39, 0.29) is 17.9 Å². The standard InChI is InChI=1S/C15H22N2O2/c1-3-9-17(13-7-5-4-6-12(13)16)15(18)14-11(2)8-10-19-14/h4-7,11,14H,3,8-10,16H2,1-2H3. The third-order valence-electron chi connectivity index (χ3n) is 3.57. The van der Waals surface area contributed by atoms with Crippen molar-refractivity contribution in [3.63, 3.8) is 0 Å². The molecule has 4 heteroatoms. The molecule has 4 nitrogen and oxygen atoms in total. The summed E-state index contributed by atoms with van der Waals surface area (Å²) in [7, 11) is 0. The van der Waals surface area contributed by atoms with Gasteiger partial charge in [-0.05, 0) is 30.9 Å². The van der Waals surface area contributed by atoms with Gasteiger partial charge in [-0.2, -0.15) is 0 Å². The number of carbonyl (C=O) groups is 1. The van der Waals surface area contributed by atoms with Gasteiger partial charge in [0.25, 0.3) is 5.91 Å². The van der Waals surface area contributed by atoms with E-state index in [1.807, 2.05) is 24.3 Å². The molecule has 0 spiro atoms. The average molecular weight is 262 g/mol. The number of nitrogens with zero attached hydrogens (tertiary/aromatic N) is 1. The predicted molar refractivity (Wildman–Crippen MR) is 77.0 cm³/mol. The van der Waals surface area contributed by atoms with Gasteiger partial charge in [0.1, 0.15) is 6.10 Å². The normalized spacial score (nSPS) is 22.4. The highest BCUT2D eigenvalue weighted by Crippen LogP contribution is 2.28. The summed E-state index contributed by atoms with van der Waals surface area (Å²) in [6.07, 6.45) is 1.51. The molecule has 19 heavy (non-hydrogen) atoms. The summed E-state index contributed by atoms with van der Waals surface area (Å²) in [5.41, 5.74) is 7.41. The van der Waals surface area contributed by atoms with E-state index in [1.54, 1.807) is 4.90 Å². The number of hydrogen-bond acceptors (Lipinski definition) is 3. The van der Waals surface area contributed by atoms with Crippen molar-refractivity contribution >= 4 is 17.3 Å². The summed E-state index contributed by atoms with van der Waals surface area (Å²) in [6, 6.07) is 7.50. The highest BCUT2D eigenvalue weighted by Gasteiger charge is 2.34. The fourth-order valence-electron chi connectivity index (χ4n) is 2.47. The number of hydrogen-bond donors (Lipinski definition) is 1. The molecule has 0 aliphatic carbocycles. The van der Waals surface area contributed by atoms with Crippen LogP contribution < -0.4 is 10.6 Å². The van der Waals surface area contributed by atoms with E-state index in [1.165, 1.54) is 0 Å². The van der Waals surface area contributed by atoms with E-state index in [9.17, 15) is 4.79 Å². The molecule has 1 aliphatic heterocycles. The second-order valence-electron chi connectivity index (χ2n) is 5.11. The maximum Gasteiger partial charge on any atom is 0.256 e. The molecule has 1 amide bonds. The van der Waals surface area contributed by atoms with Gasteiger partial charge in [-0.25, -0.2) is 0 Å². The number of carbonyl (C=O) groups excluding carboxylic acids is 1. The van der Waals surface area contributed by atoms with E-state index in [0.29, 0.717) is 18.8 Å². The van der Waals surface area contributed by atoms with Gasteiger partial charge in [-0.15, -0.1) is 0 Å². The number of amides is 1. The molecule has 1 fully saturated rings. The minimum atomic E-state index is -0.328. The fraction of sp³-hybridized carbons (Fsp3) is 0.533. The number of anilines is 2. The fourth-order valence-corrected chi connectivity index (χ4v) is 2.47. The van der Waals surface area contributed by atoms with Gasteiger partial charge in [0.15, 0.2) is 0 Å². The number of benzene rings is 1. The van der Waals surface area contributed by atoms with Crippen LogP contribution in [0.25, 0.3) is 0 Å². The first kappa shape index (κ1) is 13.9. The second kappa shape index (κ2) is 6.06. The third kappa shape index (κ3) is 2.89. The van der Waals surface area contributed by atoms with Crippen LogP contribution >= 0.6 is 0 Å².